The number of nitrogens with two attached hydrogens (primary N) is 1. The van der Waals surface area contributed by atoms with Crippen molar-refractivity contribution in [1.82, 2.24) is 0 Å². The highest BCUT2D eigenvalue weighted by Crippen LogP contribution is 2.20. The van der Waals surface area contributed by atoms with Gasteiger partial charge in [0.15, 0.2) is 0 Å². The third-order valence-electron chi connectivity index (χ3n) is 3.28. The van der Waals surface area contributed by atoms with Crippen LogP contribution in [0.2, 0.25) is 0 Å². The summed E-state index contributed by atoms with van der Waals surface area (Å²) in [5, 5.41) is 0. The number of rotatable bonds is 9. The highest BCUT2D eigenvalue weighted by molar-refractivity contribution is 4.61. The Labute approximate surface area is 90.5 Å². The molecule has 0 amide bonds. The highest BCUT2D eigenvalue weighted by atomic mass is 14.5. The van der Waals surface area contributed by atoms with Crippen LogP contribution in [0.15, 0.2) is 0 Å². The van der Waals surface area contributed by atoms with Crippen LogP contribution in [0.3, 0.4) is 0 Å². The van der Waals surface area contributed by atoms with Gasteiger partial charge in [-0.15, -0.1) is 0 Å². The van der Waals surface area contributed by atoms with Gasteiger partial charge < -0.3 is 5.73 Å². The summed E-state index contributed by atoms with van der Waals surface area (Å²) in [6.07, 6.45) is 9.45. The fraction of sp³-hybridized carbons (Fsp3) is 1.00. The van der Waals surface area contributed by atoms with Crippen molar-refractivity contribution in [3.8, 4) is 0 Å². The lowest BCUT2D eigenvalue weighted by Crippen LogP contribution is -2.09. The maximum absolute atomic E-state index is 5.62. The van der Waals surface area contributed by atoms with Gasteiger partial charge in [0.25, 0.3) is 0 Å². The zero-order chi connectivity index (χ0) is 10.8. The first-order valence-corrected chi connectivity index (χ1v) is 6.44. The minimum Gasteiger partial charge on any atom is -0.330 e. The first-order valence-electron chi connectivity index (χ1n) is 6.44. The van der Waals surface area contributed by atoms with Crippen molar-refractivity contribution < 1.29 is 0 Å². The summed E-state index contributed by atoms with van der Waals surface area (Å²) < 4.78 is 0. The molecule has 2 N–H and O–H groups in total. The van der Waals surface area contributed by atoms with E-state index >= 15 is 0 Å². The molecule has 0 aliphatic rings. The van der Waals surface area contributed by atoms with E-state index in [2.05, 4.69) is 20.8 Å². The molecule has 14 heavy (non-hydrogen) atoms. The van der Waals surface area contributed by atoms with Crippen LogP contribution >= 0.6 is 0 Å². The number of hydrogen-bond donors (Lipinski definition) is 1. The van der Waals surface area contributed by atoms with Crippen LogP contribution in [0.1, 0.15) is 65.7 Å². The maximum atomic E-state index is 5.62. The standard InChI is InChI=1S/C13H29N/c1-4-7-13(10-11-14)9-6-8-12(3)5-2/h12-13H,4-11,14H2,1-3H3. The second-order valence-corrected chi connectivity index (χ2v) is 4.68. The van der Waals surface area contributed by atoms with Gasteiger partial charge in [-0.2, -0.15) is 0 Å². The molecular weight excluding hydrogens is 170 g/mol. The third kappa shape index (κ3) is 7.37. The van der Waals surface area contributed by atoms with Crippen molar-refractivity contribution >= 4 is 0 Å². The molecule has 0 fully saturated rings. The van der Waals surface area contributed by atoms with E-state index in [1.54, 1.807) is 0 Å². The molecule has 0 aromatic heterocycles. The Balaban J connectivity index is 3.49. The summed E-state index contributed by atoms with van der Waals surface area (Å²) >= 11 is 0. The molecule has 1 nitrogen and oxygen atoms in total. The largest absolute Gasteiger partial charge is 0.330 e. The quantitative estimate of drug-likeness (QED) is 0.597. The molecule has 0 rings (SSSR count). The van der Waals surface area contributed by atoms with E-state index in [0.29, 0.717) is 0 Å². The van der Waals surface area contributed by atoms with E-state index in [1.165, 1.54) is 44.9 Å². The Bertz CT molecular complexity index is 106. The zero-order valence-corrected chi connectivity index (χ0v) is 10.4. The molecule has 86 valence electrons. The summed E-state index contributed by atoms with van der Waals surface area (Å²) in [5.74, 6) is 1.81. The van der Waals surface area contributed by atoms with Gasteiger partial charge in [-0.3, -0.25) is 0 Å². The van der Waals surface area contributed by atoms with E-state index in [9.17, 15) is 0 Å². The van der Waals surface area contributed by atoms with Gasteiger partial charge in [0.05, 0.1) is 0 Å². The first-order chi connectivity index (χ1) is 6.74. The molecular formula is C13H29N. The third-order valence-corrected chi connectivity index (χ3v) is 3.28. The van der Waals surface area contributed by atoms with Gasteiger partial charge in [-0.25, -0.2) is 0 Å². The molecule has 0 heterocycles. The van der Waals surface area contributed by atoms with Gasteiger partial charge >= 0.3 is 0 Å². The van der Waals surface area contributed by atoms with Crippen molar-refractivity contribution in [2.45, 2.75) is 65.7 Å². The van der Waals surface area contributed by atoms with Gasteiger partial charge in [0, 0.05) is 0 Å². The van der Waals surface area contributed by atoms with Crippen molar-refractivity contribution in [2.75, 3.05) is 6.54 Å². The average Bonchev–Trinajstić information content (AvgIpc) is 2.18. The Hall–Kier alpha value is -0.0400. The van der Waals surface area contributed by atoms with Gasteiger partial charge in [-0.05, 0) is 24.8 Å². The van der Waals surface area contributed by atoms with Crippen LogP contribution in [-0.2, 0) is 0 Å². The van der Waals surface area contributed by atoms with Crippen LogP contribution in [-0.4, -0.2) is 6.54 Å². The van der Waals surface area contributed by atoms with Crippen LogP contribution in [0.5, 0.6) is 0 Å². The fourth-order valence-electron chi connectivity index (χ4n) is 2.04. The van der Waals surface area contributed by atoms with Crippen molar-refractivity contribution in [3.05, 3.63) is 0 Å². The van der Waals surface area contributed by atoms with E-state index in [4.69, 9.17) is 5.73 Å². The Morgan fingerprint density at radius 3 is 2.21 bits per heavy atom. The van der Waals surface area contributed by atoms with Crippen molar-refractivity contribution in [3.63, 3.8) is 0 Å². The smallest absolute Gasteiger partial charge is 0.00746 e. The predicted molar refractivity (Wildman–Crippen MR) is 65.4 cm³/mol. The topological polar surface area (TPSA) is 26.0 Å². The molecule has 0 aromatic rings. The molecule has 0 radical (unpaired) electrons. The molecule has 0 aromatic carbocycles. The molecule has 0 aliphatic carbocycles. The fourth-order valence-corrected chi connectivity index (χ4v) is 2.04. The molecule has 1 heteroatoms. The summed E-state index contributed by atoms with van der Waals surface area (Å²) in [7, 11) is 0. The van der Waals surface area contributed by atoms with Gasteiger partial charge in [0.2, 0.25) is 0 Å². The molecule has 0 aliphatic heterocycles. The van der Waals surface area contributed by atoms with E-state index in [-0.39, 0.29) is 0 Å². The minimum atomic E-state index is 0.869. The maximum Gasteiger partial charge on any atom is -0.00746 e. The Morgan fingerprint density at radius 1 is 1.00 bits per heavy atom. The molecule has 2 atom stereocenters. The summed E-state index contributed by atoms with van der Waals surface area (Å²) in [6, 6.07) is 0. The summed E-state index contributed by atoms with van der Waals surface area (Å²) in [6.45, 7) is 7.79. The SMILES string of the molecule is CCCC(CCN)CCCC(C)CC. The first kappa shape index (κ1) is 14.0. The van der Waals surface area contributed by atoms with Crippen LogP contribution < -0.4 is 5.73 Å². The normalized spacial score (nSPS) is 15.4. The van der Waals surface area contributed by atoms with Gasteiger partial charge in [-0.1, -0.05) is 59.3 Å². The van der Waals surface area contributed by atoms with E-state index < -0.39 is 0 Å². The molecule has 0 saturated heterocycles. The van der Waals surface area contributed by atoms with Gasteiger partial charge in [0.1, 0.15) is 0 Å². The molecule has 2 unspecified atom stereocenters. The van der Waals surface area contributed by atoms with Crippen LogP contribution in [0.25, 0.3) is 0 Å². The molecule has 0 saturated carbocycles. The number of hydrogen-bond acceptors (Lipinski definition) is 1. The van der Waals surface area contributed by atoms with Crippen molar-refractivity contribution in [1.29, 1.82) is 0 Å². The lowest BCUT2D eigenvalue weighted by atomic mass is 9.91. The van der Waals surface area contributed by atoms with Crippen LogP contribution in [0, 0.1) is 11.8 Å². The zero-order valence-electron chi connectivity index (χ0n) is 10.4. The molecule has 0 spiro atoms. The average molecular weight is 199 g/mol. The monoisotopic (exact) mass is 199 g/mol. The van der Waals surface area contributed by atoms with E-state index in [1.807, 2.05) is 0 Å². The lowest BCUT2D eigenvalue weighted by Gasteiger charge is -2.16. The highest BCUT2D eigenvalue weighted by Gasteiger charge is 2.07. The minimum absolute atomic E-state index is 0.869. The second-order valence-electron chi connectivity index (χ2n) is 4.68. The Kier molecular flexibility index (Phi) is 9.49. The second kappa shape index (κ2) is 9.51. The summed E-state index contributed by atoms with van der Waals surface area (Å²) in [4.78, 5) is 0. The summed E-state index contributed by atoms with van der Waals surface area (Å²) in [5.41, 5.74) is 5.62. The lowest BCUT2D eigenvalue weighted by molar-refractivity contribution is 0.379. The van der Waals surface area contributed by atoms with E-state index in [0.717, 1.165) is 18.4 Å². The van der Waals surface area contributed by atoms with Crippen LogP contribution in [0.4, 0.5) is 0 Å². The molecule has 0 bridgehead atoms. The Morgan fingerprint density at radius 2 is 1.71 bits per heavy atom. The predicted octanol–water partition coefficient (Wildman–Crippen LogP) is 3.97. The van der Waals surface area contributed by atoms with Crippen molar-refractivity contribution in [2.24, 2.45) is 17.6 Å².